The monoisotopic (exact) mass is 458 g/mol. The van der Waals surface area contributed by atoms with E-state index in [2.05, 4.69) is 0 Å². The van der Waals surface area contributed by atoms with E-state index < -0.39 is 29.3 Å². The van der Waals surface area contributed by atoms with Gasteiger partial charge in [-0.15, -0.1) is 0 Å². The highest BCUT2D eigenvalue weighted by molar-refractivity contribution is 5.93. The number of carbonyl (C=O) groups is 3. The number of para-hydroxylation sites is 1. The lowest BCUT2D eigenvalue weighted by atomic mass is 9.89. The fraction of sp³-hybridized carbons (Fsp3) is 0.560. The van der Waals surface area contributed by atoms with Gasteiger partial charge in [-0.3, -0.25) is 9.36 Å². The zero-order valence-electron chi connectivity index (χ0n) is 20.5. The number of nitrogens with zero attached hydrogens (tertiary/aromatic N) is 2. The summed E-state index contributed by atoms with van der Waals surface area (Å²) in [5.41, 5.74) is 0.166. The minimum Gasteiger partial charge on any atom is -0.466 e. The van der Waals surface area contributed by atoms with Gasteiger partial charge < -0.3 is 19.1 Å². The summed E-state index contributed by atoms with van der Waals surface area (Å²) in [7, 11) is 0. The SMILES string of the molecule is CCOC(=O)[C@H]1CN(C(=O)OC(C)(C)C)C[C@@H]1c1cn(C(=O)OC(C)(C)C)c2ccccc12. The average molecular weight is 459 g/mol. The van der Waals surface area contributed by atoms with E-state index in [4.69, 9.17) is 14.2 Å². The highest BCUT2D eigenvalue weighted by Crippen LogP contribution is 2.39. The van der Waals surface area contributed by atoms with Crippen molar-refractivity contribution < 1.29 is 28.6 Å². The molecule has 180 valence electrons. The van der Waals surface area contributed by atoms with Gasteiger partial charge in [0.15, 0.2) is 0 Å². The van der Waals surface area contributed by atoms with Gasteiger partial charge in [-0.1, -0.05) is 18.2 Å². The molecule has 0 unspecified atom stereocenters. The first-order valence-electron chi connectivity index (χ1n) is 11.3. The number of benzene rings is 1. The molecular formula is C25H34N2O6. The molecule has 1 aromatic heterocycles. The molecule has 2 heterocycles. The molecule has 8 heteroatoms. The molecule has 1 aliphatic rings. The van der Waals surface area contributed by atoms with Gasteiger partial charge in [0.25, 0.3) is 0 Å². The first-order valence-corrected chi connectivity index (χ1v) is 11.3. The first-order chi connectivity index (χ1) is 15.3. The molecule has 3 rings (SSSR count). The van der Waals surface area contributed by atoms with Crippen LogP contribution in [-0.2, 0) is 19.0 Å². The molecule has 33 heavy (non-hydrogen) atoms. The summed E-state index contributed by atoms with van der Waals surface area (Å²) >= 11 is 0. The average Bonchev–Trinajstić information content (AvgIpc) is 3.27. The Hall–Kier alpha value is -3.03. The third kappa shape index (κ3) is 5.67. The van der Waals surface area contributed by atoms with Crippen molar-refractivity contribution in [2.75, 3.05) is 19.7 Å². The van der Waals surface area contributed by atoms with E-state index in [-0.39, 0.29) is 31.6 Å². The Balaban J connectivity index is 2.02. The van der Waals surface area contributed by atoms with Crippen molar-refractivity contribution in [1.82, 2.24) is 9.47 Å². The number of aromatic nitrogens is 1. The largest absolute Gasteiger partial charge is 0.466 e. The van der Waals surface area contributed by atoms with E-state index in [1.807, 2.05) is 45.0 Å². The third-order valence-corrected chi connectivity index (χ3v) is 5.29. The van der Waals surface area contributed by atoms with Crippen LogP contribution in [0.15, 0.2) is 30.5 Å². The number of rotatable bonds is 3. The quantitative estimate of drug-likeness (QED) is 0.478. The standard InChI is InChI=1S/C25H34N2O6/c1-8-31-21(28)19-14-26(22(29)32-24(2,3)4)13-17(19)18-15-27(23(30)33-25(5,6)7)20-12-10-9-11-16(18)20/h9-12,15,17,19H,8,13-14H2,1-7H3/t17-,19+/m1/s1. The molecule has 1 amide bonds. The molecule has 0 spiro atoms. The van der Waals surface area contributed by atoms with Crippen LogP contribution in [0.3, 0.4) is 0 Å². The summed E-state index contributed by atoms with van der Waals surface area (Å²) in [6, 6.07) is 7.47. The van der Waals surface area contributed by atoms with Crippen molar-refractivity contribution >= 4 is 29.1 Å². The molecule has 1 aromatic carbocycles. The Kier molecular flexibility index (Phi) is 6.77. The predicted molar refractivity (Wildman–Crippen MR) is 124 cm³/mol. The second-order valence-corrected chi connectivity index (χ2v) is 10.3. The van der Waals surface area contributed by atoms with Crippen LogP contribution in [0.25, 0.3) is 10.9 Å². The summed E-state index contributed by atoms with van der Waals surface area (Å²) in [4.78, 5) is 40.1. The minimum atomic E-state index is -0.656. The number of esters is 1. The summed E-state index contributed by atoms with van der Waals surface area (Å²) < 4.78 is 17.9. The molecule has 0 saturated carbocycles. The Morgan fingerprint density at radius 1 is 0.939 bits per heavy atom. The number of ether oxygens (including phenoxy) is 3. The third-order valence-electron chi connectivity index (χ3n) is 5.29. The molecule has 0 N–H and O–H groups in total. The van der Waals surface area contributed by atoms with Gasteiger partial charge in [-0.2, -0.15) is 0 Å². The number of carbonyl (C=O) groups excluding carboxylic acids is 3. The van der Waals surface area contributed by atoms with Crippen molar-refractivity contribution in [1.29, 1.82) is 0 Å². The summed E-state index contributed by atoms with van der Waals surface area (Å²) in [6.45, 7) is 13.3. The number of likely N-dealkylation sites (tertiary alicyclic amines) is 1. The Morgan fingerprint density at radius 2 is 1.55 bits per heavy atom. The zero-order valence-corrected chi connectivity index (χ0v) is 20.5. The van der Waals surface area contributed by atoms with Crippen LogP contribution in [0.1, 0.15) is 59.9 Å². The maximum absolute atomic E-state index is 12.9. The Labute approximate surface area is 194 Å². The lowest BCUT2D eigenvalue weighted by Crippen LogP contribution is -2.36. The van der Waals surface area contributed by atoms with E-state index in [9.17, 15) is 14.4 Å². The smallest absolute Gasteiger partial charge is 0.419 e. The maximum atomic E-state index is 12.9. The minimum absolute atomic E-state index is 0.185. The van der Waals surface area contributed by atoms with Gasteiger partial charge in [0.05, 0.1) is 18.0 Å². The molecule has 0 aliphatic carbocycles. The molecule has 0 radical (unpaired) electrons. The molecule has 1 saturated heterocycles. The zero-order chi connectivity index (χ0) is 24.6. The van der Waals surface area contributed by atoms with Gasteiger partial charge in [0, 0.05) is 30.6 Å². The number of fused-ring (bicyclic) bond motifs is 1. The molecule has 8 nitrogen and oxygen atoms in total. The Bertz CT molecular complexity index is 1040. The van der Waals surface area contributed by atoms with Gasteiger partial charge in [0.2, 0.25) is 0 Å². The van der Waals surface area contributed by atoms with Crippen LogP contribution in [-0.4, -0.2) is 58.5 Å². The molecular weight excluding hydrogens is 424 g/mol. The van der Waals surface area contributed by atoms with E-state index in [0.29, 0.717) is 5.52 Å². The fourth-order valence-electron chi connectivity index (χ4n) is 4.05. The van der Waals surface area contributed by atoms with Crippen molar-refractivity contribution in [2.24, 2.45) is 5.92 Å². The van der Waals surface area contributed by atoms with Gasteiger partial charge >= 0.3 is 18.2 Å². The number of amides is 1. The summed E-state index contributed by atoms with van der Waals surface area (Å²) in [6.07, 6.45) is 0.739. The van der Waals surface area contributed by atoms with Crippen molar-refractivity contribution in [3.8, 4) is 0 Å². The summed E-state index contributed by atoms with van der Waals surface area (Å²) in [5, 5.41) is 0.827. The van der Waals surface area contributed by atoms with Crippen LogP contribution in [0, 0.1) is 5.92 Å². The van der Waals surface area contributed by atoms with Crippen LogP contribution in [0.4, 0.5) is 9.59 Å². The molecule has 2 atom stereocenters. The van der Waals surface area contributed by atoms with Crippen LogP contribution >= 0.6 is 0 Å². The predicted octanol–water partition coefficient (Wildman–Crippen LogP) is 4.94. The lowest BCUT2D eigenvalue weighted by molar-refractivity contribution is -0.147. The second-order valence-electron chi connectivity index (χ2n) is 10.3. The van der Waals surface area contributed by atoms with Crippen LogP contribution < -0.4 is 0 Å². The second kappa shape index (κ2) is 9.08. The van der Waals surface area contributed by atoms with Gasteiger partial charge in [0.1, 0.15) is 11.2 Å². The van der Waals surface area contributed by atoms with E-state index in [1.165, 1.54) is 9.47 Å². The van der Waals surface area contributed by atoms with E-state index in [1.54, 1.807) is 33.9 Å². The molecule has 1 aliphatic heterocycles. The number of hydrogen-bond donors (Lipinski definition) is 0. The highest BCUT2D eigenvalue weighted by Gasteiger charge is 2.44. The molecule has 2 aromatic rings. The van der Waals surface area contributed by atoms with Crippen LogP contribution in [0.2, 0.25) is 0 Å². The van der Waals surface area contributed by atoms with Crippen LogP contribution in [0.5, 0.6) is 0 Å². The topological polar surface area (TPSA) is 87.1 Å². The fourth-order valence-corrected chi connectivity index (χ4v) is 4.05. The Morgan fingerprint density at radius 3 is 2.15 bits per heavy atom. The van der Waals surface area contributed by atoms with Gasteiger partial charge in [-0.05, 0) is 60.1 Å². The summed E-state index contributed by atoms with van der Waals surface area (Å²) in [5.74, 6) is -1.30. The van der Waals surface area contributed by atoms with E-state index in [0.717, 1.165) is 10.9 Å². The highest BCUT2D eigenvalue weighted by atomic mass is 16.6. The molecule has 1 fully saturated rings. The lowest BCUT2D eigenvalue weighted by Gasteiger charge is -2.24. The van der Waals surface area contributed by atoms with E-state index >= 15 is 0 Å². The van der Waals surface area contributed by atoms with Gasteiger partial charge in [-0.25, -0.2) is 9.59 Å². The van der Waals surface area contributed by atoms with Crippen molar-refractivity contribution in [3.63, 3.8) is 0 Å². The maximum Gasteiger partial charge on any atom is 0.419 e. The first kappa shape index (κ1) is 24.6. The molecule has 0 bridgehead atoms. The number of hydrogen-bond acceptors (Lipinski definition) is 6. The normalized spacial score (nSPS) is 18.9. The van der Waals surface area contributed by atoms with Crippen molar-refractivity contribution in [2.45, 2.75) is 65.6 Å². The van der Waals surface area contributed by atoms with Crippen molar-refractivity contribution in [3.05, 3.63) is 36.0 Å².